The monoisotopic (exact) mass is 282 g/mol. The van der Waals surface area contributed by atoms with Crippen LogP contribution in [0.5, 0.6) is 0 Å². The summed E-state index contributed by atoms with van der Waals surface area (Å²) < 4.78 is 4.91. The Morgan fingerprint density at radius 3 is 2.40 bits per heavy atom. The Labute approximate surface area is 121 Å². The molecule has 1 aromatic heterocycles. The molecule has 0 saturated heterocycles. The zero-order valence-electron chi connectivity index (χ0n) is 12.9. The minimum atomic E-state index is -0.550. The summed E-state index contributed by atoms with van der Waals surface area (Å²) in [5, 5.41) is 16.2. The standard InChI is InChI=1S/C14H26N4O2/c1-5-7-15-13-10(3)14(18-12(6-2)17-13)16-8-11(19)9-20-4/h11,19H,5-9H2,1-4H3,(H2,15,16,17,18). The van der Waals surface area contributed by atoms with E-state index in [1.165, 1.54) is 0 Å². The highest BCUT2D eigenvalue weighted by atomic mass is 16.5. The number of aromatic nitrogens is 2. The number of nitrogens with zero attached hydrogens (tertiary/aromatic N) is 2. The lowest BCUT2D eigenvalue weighted by molar-refractivity contribution is 0.0727. The molecular weight excluding hydrogens is 256 g/mol. The maximum atomic E-state index is 9.69. The van der Waals surface area contributed by atoms with Gasteiger partial charge in [-0.1, -0.05) is 13.8 Å². The molecule has 114 valence electrons. The number of aryl methyl sites for hydroxylation is 1. The second-order valence-electron chi connectivity index (χ2n) is 4.73. The first-order valence-corrected chi connectivity index (χ1v) is 7.14. The maximum absolute atomic E-state index is 9.69. The average molecular weight is 282 g/mol. The number of anilines is 2. The number of nitrogens with one attached hydrogen (secondary N) is 2. The van der Waals surface area contributed by atoms with Gasteiger partial charge >= 0.3 is 0 Å². The Balaban J connectivity index is 2.82. The number of aliphatic hydroxyl groups excluding tert-OH is 1. The summed E-state index contributed by atoms with van der Waals surface area (Å²) in [6.45, 7) is 7.71. The van der Waals surface area contributed by atoms with Gasteiger partial charge in [0.05, 0.1) is 12.7 Å². The Hall–Kier alpha value is -1.40. The summed E-state index contributed by atoms with van der Waals surface area (Å²) in [4.78, 5) is 8.98. The molecule has 0 fully saturated rings. The largest absolute Gasteiger partial charge is 0.389 e. The van der Waals surface area contributed by atoms with Gasteiger partial charge in [0.25, 0.3) is 0 Å². The maximum Gasteiger partial charge on any atom is 0.134 e. The van der Waals surface area contributed by atoms with Gasteiger partial charge in [0.1, 0.15) is 17.5 Å². The van der Waals surface area contributed by atoms with Gasteiger partial charge in [-0.3, -0.25) is 0 Å². The van der Waals surface area contributed by atoms with E-state index in [0.717, 1.165) is 42.4 Å². The third-order valence-corrected chi connectivity index (χ3v) is 2.91. The van der Waals surface area contributed by atoms with Crippen LogP contribution in [0, 0.1) is 6.92 Å². The molecule has 0 amide bonds. The molecule has 0 aliphatic rings. The first-order valence-electron chi connectivity index (χ1n) is 7.14. The van der Waals surface area contributed by atoms with E-state index in [4.69, 9.17) is 4.74 Å². The summed E-state index contributed by atoms with van der Waals surface area (Å²) in [7, 11) is 1.57. The van der Waals surface area contributed by atoms with Crippen LogP contribution >= 0.6 is 0 Å². The van der Waals surface area contributed by atoms with E-state index in [-0.39, 0.29) is 0 Å². The molecule has 3 N–H and O–H groups in total. The van der Waals surface area contributed by atoms with Crippen molar-refractivity contribution in [2.24, 2.45) is 0 Å². The molecule has 0 aliphatic heterocycles. The molecule has 20 heavy (non-hydrogen) atoms. The quantitative estimate of drug-likeness (QED) is 0.638. The van der Waals surface area contributed by atoms with Crippen molar-refractivity contribution < 1.29 is 9.84 Å². The number of hydrogen-bond donors (Lipinski definition) is 3. The van der Waals surface area contributed by atoms with E-state index in [9.17, 15) is 5.11 Å². The topological polar surface area (TPSA) is 79.3 Å². The highest BCUT2D eigenvalue weighted by Crippen LogP contribution is 2.20. The van der Waals surface area contributed by atoms with Crippen LogP contribution in [-0.4, -0.2) is 48.0 Å². The molecule has 0 saturated carbocycles. The molecule has 0 radical (unpaired) electrons. The van der Waals surface area contributed by atoms with E-state index >= 15 is 0 Å². The molecule has 6 nitrogen and oxygen atoms in total. The van der Waals surface area contributed by atoms with Crippen LogP contribution in [0.2, 0.25) is 0 Å². The summed E-state index contributed by atoms with van der Waals surface area (Å²) in [5.74, 6) is 2.42. The normalized spacial score (nSPS) is 12.2. The molecule has 0 aromatic carbocycles. The molecule has 0 spiro atoms. The highest BCUT2D eigenvalue weighted by Gasteiger charge is 2.11. The van der Waals surface area contributed by atoms with Gasteiger partial charge in [0, 0.05) is 32.2 Å². The summed E-state index contributed by atoms with van der Waals surface area (Å²) in [6.07, 6.45) is 1.27. The fraction of sp³-hybridized carbons (Fsp3) is 0.714. The molecule has 1 atom stereocenters. The number of methoxy groups -OCH3 is 1. The van der Waals surface area contributed by atoms with Gasteiger partial charge in [0.15, 0.2) is 0 Å². The van der Waals surface area contributed by atoms with Gasteiger partial charge in [0.2, 0.25) is 0 Å². The molecule has 0 bridgehead atoms. The Bertz CT molecular complexity index is 412. The first kappa shape index (κ1) is 16.7. The van der Waals surface area contributed by atoms with Crippen molar-refractivity contribution >= 4 is 11.6 Å². The predicted molar refractivity (Wildman–Crippen MR) is 81.3 cm³/mol. The lowest BCUT2D eigenvalue weighted by Gasteiger charge is -2.16. The lowest BCUT2D eigenvalue weighted by Crippen LogP contribution is -2.25. The molecule has 1 aromatic rings. The molecular formula is C14H26N4O2. The van der Waals surface area contributed by atoms with Gasteiger partial charge in [-0.15, -0.1) is 0 Å². The van der Waals surface area contributed by atoms with Crippen LogP contribution in [-0.2, 0) is 11.2 Å². The predicted octanol–water partition coefficient (Wildman–Crippen LogP) is 1.59. The van der Waals surface area contributed by atoms with Crippen molar-refractivity contribution in [1.82, 2.24) is 9.97 Å². The Morgan fingerprint density at radius 2 is 1.85 bits per heavy atom. The molecule has 1 heterocycles. The highest BCUT2D eigenvalue weighted by molar-refractivity contribution is 5.57. The number of aliphatic hydroxyl groups is 1. The third kappa shape index (κ3) is 4.94. The van der Waals surface area contributed by atoms with Crippen LogP contribution in [0.3, 0.4) is 0 Å². The molecule has 6 heteroatoms. The van der Waals surface area contributed by atoms with Crippen LogP contribution in [0.15, 0.2) is 0 Å². The summed E-state index contributed by atoms with van der Waals surface area (Å²) in [5.41, 5.74) is 0.972. The SMILES string of the molecule is CCCNc1nc(CC)nc(NCC(O)COC)c1C. The summed E-state index contributed by atoms with van der Waals surface area (Å²) in [6, 6.07) is 0. The second kappa shape index (κ2) is 8.71. The zero-order valence-corrected chi connectivity index (χ0v) is 12.9. The second-order valence-corrected chi connectivity index (χ2v) is 4.73. The minimum Gasteiger partial charge on any atom is -0.389 e. The Kier molecular flexibility index (Phi) is 7.25. The number of rotatable bonds is 9. The minimum absolute atomic E-state index is 0.304. The smallest absolute Gasteiger partial charge is 0.134 e. The van der Waals surface area contributed by atoms with Crippen molar-refractivity contribution in [1.29, 1.82) is 0 Å². The van der Waals surface area contributed by atoms with Crippen molar-refractivity contribution in [3.05, 3.63) is 11.4 Å². The van der Waals surface area contributed by atoms with Crippen LogP contribution < -0.4 is 10.6 Å². The van der Waals surface area contributed by atoms with Crippen molar-refractivity contribution in [3.63, 3.8) is 0 Å². The number of ether oxygens (including phenoxy) is 1. The molecule has 0 aliphatic carbocycles. The van der Waals surface area contributed by atoms with Gasteiger partial charge in [-0.2, -0.15) is 0 Å². The van der Waals surface area contributed by atoms with Crippen LogP contribution in [0.1, 0.15) is 31.7 Å². The van der Waals surface area contributed by atoms with Gasteiger partial charge in [-0.05, 0) is 13.3 Å². The fourth-order valence-corrected chi connectivity index (χ4v) is 1.77. The van der Waals surface area contributed by atoms with Gasteiger partial charge in [-0.25, -0.2) is 9.97 Å². The van der Waals surface area contributed by atoms with Gasteiger partial charge < -0.3 is 20.5 Å². The number of hydrogen-bond acceptors (Lipinski definition) is 6. The molecule has 1 rings (SSSR count). The van der Waals surface area contributed by atoms with E-state index in [0.29, 0.717) is 13.2 Å². The zero-order chi connectivity index (χ0) is 15.0. The van der Waals surface area contributed by atoms with E-state index < -0.39 is 6.10 Å². The van der Waals surface area contributed by atoms with E-state index in [1.54, 1.807) is 7.11 Å². The lowest BCUT2D eigenvalue weighted by atomic mass is 10.2. The van der Waals surface area contributed by atoms with Crippen LogP contribution in [0.4, 0.5) is 11.6 Å². The Morgan fingerprint density at radius 1 is 1.20 bits per heavy atom. The first-order chi connectivity index (χ1) is 9.62. The van der Waals surface area contributed by atoms with E-state index in [2.05, 4.69) is 27.5 Å². The van der Waals surface area contributed by atoms with Crippen LogP contribution in [0.25, 0.3) is 0 Å². The van der Waals surface area contributed by atoms with Crippen molar-refractivity contribution in [3.8, 4) is 0 Å². The third-order valence-electron chi connectivity index (χ3n) is 2.91. The van der Waals surface area contributed by atoms with Crippen molar-refractivity contribution in [2.75, 3.05) is 37.4 Å². The van der Waals surface area contributed by atoms with E-state index in [1.807, 2.05) is 13.8 Å². The fourth-order valence-electron chi connectivity index (χ4n) is 1.77. The van der Waals surface area contributed by atoms with Crippen molar-refractivity contribution in [2.45, 2.75) is 39.7 Å². The molecule has 1 unspecified atom stereocenters. The summed E-state index contributed by atoms with van der Waals surface area (Å²) >= 11 is 0. The average Bonchev–Trinajstić information content (AvgIpc) is 2.45.